The molecule has 2 N–H and O–H groups in total. The summed E-state index contributed by atoms with van der Waals surface area (Å²) in [5.74, 6) is 3.86. The molecule has 1 aromatic carbocycles. The summed E-state index contributed by atoms with van der Waals surface area (Å²) in [4.78, 5) is 52.0. The zero-order chi connectivity index (χ0) is 37.0. The van der Waals surface area contributed by atoms with Crippen LogP contribution in [-0.4, -0.2) is 62.6 Å². The summed E-state index contributed by atoms with van der Waals surface area (Å²) < 4.78 is 1.95. The number of anilines is 1. The van der Waals surface area contributed by atoms with E-state index in [0.29, 0.717) is 41.2 Å². The number of fused-ring (bicyclic) bond motifs is 1. The Bertz CT molecular complexity index is 2040. The van der Waals surface area contributed by atoms with Crippen LogP contribution in [0.25, 0.3) is 22.2 Å². The standard InChI is InChI=1S/C43H55N7O3/c1-26(2)50-36-8-6-7-34(40(51)45-25-35-28(4)17-29(5)46-41(35)52)38(36)39(47-50)33-9-10-37(44-24-33)48-13-15-49(16-14-48)42(53)27(3)11-12-43-21-30-18-31(22-43)20-32(19-30)23-43/h6-10,17,24,26-27,30-32H,11-16,18-23,25H2,1-5H3,(H,45,51)(H,46,52)/t27-,30?,31?,32?,43?/m1/s1. The van der Waals surface area contributed by atoms with Gasteiger partial charge in [0.2, 0.25) is 5.91 Å². The number of aromatic amines is 1. The van der Waals surface area contributed by atoms with E-state index in [1.54, 1.807) is 0 Å². The molecule has 9 rings (SSSR count). The minimum Gasteiger partial charge on any atom is -0.353 e. The molecule has 4 heterocycles. The molecule has 4 bridgehead atoms. The molecule has 5 fully saturated rings. The summed E-state index contributed by atoms with van der Waals surface area (Å²) in [7, 11) is 0. The third-order valence-electron chi connectivity index (χ3n) is 13.0. The maximum absolute atomic E-state index is 13.7. The number of rotatable bonds is 10. The zero-order valence-corrected chi connectivity index (χ0v) is 32.1. The van der Waals surface area contributed by atoms with Crippen LogP contribution in [0.3, 0.4) is 0 Å². The zero-order valence-electron chi connectivity index (χ0n) is 32.1. The third-order valence-corrected chi connectivity index (χ3v) is 13.0. The molecule has 280 valence electrons. The largest absolute Gasteiger partial charge is 0.353 e. The van der Waals surface area contributed by atoms with Gasteiger partial charge in [0.25, 0.3) is 11.5 Å². The number of piperazine rings is 1. The van der Waals surface area contributed by atoms with Crippen LogP contribution in [0, 0.1) is 42.9 Å². The number of amides is 2. The Balaban J connectivity index is 0.929. The van der Waals surface area contributed by atoms with Crippen LogP contribution in [-0.2, 0) is 11.3 Å². The molecule has 10 nitrogen and oxygen atoms in total. The predicted octanol–water partition coefficient (Wildman–Crippen LogP) is 7.20. The van der Waals surface area contributed by atoms with Crippen LogP contribution < -0.4 is 15.8 Å². The van der Waals surface area contributed by atoms with Gasteiger partial charge in [0.05, 0.1) is 11.1 Å². The number of hydrogen-bond acceptors (Lipinski definition) is 6. The summed E-state index contributed by atoms with van der Waals surface area (Å²) in [5.41, 5.74) is 5.40. The van der Waals surface area contributed by atoms with Gasteiger partial charge >= 0.3 is 0 Å². The monoisotopic (exact) mass is 717 g/mol. The van der Waals surface area contributed by atoms with Crippen molar-refractivity contribution in [3.8, 4) is 11.3 Å². The number of aromatic nitrogens is 4. The number of nitrogens with one attached hydrogen (secondary N) is 2. The summed E-state index contributed by atoms with van der Waals surface area (Å²) in [6.45, 7) is 13.1. The first-order chi connectivity index (χ1) is 25.5. The van der Waals surface area contributed by atoms with E-state index in [0.717, 1.165) is 70.8 Å². The number of H-pyrrole nitrogens is 1. The van der Waals surface area contributed by atoms with Crippen molar-refractivity contribution in [1.29, 1.82) is 0 Å². The van der Waals surface area contributed by atoms with E-state index in [4.69, 9.17) is 10.1 Å². The van der Waals surface area contributed by atoms with Gasteiger partial charge in [-0.05, 0) is 138 Å². The number of carbonyl (C=O) groups is 2. The van der Waals surface area contributed by atoms with Crippen molar-refractivity contribution < 1.29 is 9.59 Å². The van der Waals surface area contributed by atoms with Gasteiger partial charge in [-0.1, -0.05) is 13.0 Å². The van der Waals surface area contributed by atoms with E-state index in [1.807, 2.05) is 61.1 Å². The van der Waals surface area contributed by atoms with Crippen molar-refractivity contribution >= 4 is 28.5 Å². The van der Waals surface area contributed by atoms with Gasteiger partial charge in [0, 0.05) is 73.1 Å². The van der Waals surface area contributed by atoms with Gasteiger partial charge in [-0.3, -0.25) is 19.1 Å². The molecule has 1 atom stereocenters. The minimum atomic E-state index is -0.265. The molecule has 1 saturated heterocycles. The summed E-state index contributed by atoms with van der Waals surface area (Å²) in [5, 5.41) is 8.74. The smallest absolute Gasteiger partial charge is 0.253 e. The Morgan fingerprint density at radius 1 is 0.962 bits per heavy atom. The maximum Gasteiger partial charge on any atom is 0.253 e. The average molecular weight is 718 g/mol. The van der Waals surface area contributed by atoms with Crippen molar-refractivity contribution in [2.45, 2.75) is 98.6 Å². The molecule has 10 heteroatoms. The van der Waals surface area contributed by atoms with E-state index >= 15 is 0 Å². The van der Waals surface area contributed by atoms with E-state index < -0.39 is 0 Å². The summed E-state index contributed by atoms with van der Waals surface area (Å²) >= 11 is 0. The summed E-state index contributed by atoms with van der Waals surface area (Å²) in [6, 6.07) is 11.7. The van der Waals surface area contributed by atoms with E-state index in [1.165, 1.54) is 44.9 Å². The molecule has 5 aliphatic rings. The second-order valence-corrected chi connectivity index (χ2v) is 17.3. The lowest BCUT2D eigenvalue weighted by atomic mass is 9.48. The van der Waals surface area contributed by atoms with Gasteiger partial charge in [0.1, 0.15) is 11.5 Å². The molecule has 53 heavy (non-hydrogen) atoms. The van der Waals surface area contributed by atoms with Crippen molar-refractivity contribution in [3.05, 3.63) is 75.3 Å². The van der Waals surface area contributed by atoms with Crippen LogP contribution >= 0.6 is 0 Å². The SMILES string of the molecule is Cc1cc(C)c(CNC(=O)c2cccc3c2c(-c2ccc(N4CCN(C(=O)[C@H](C)CCC56CC7CC(CC(C7)C5)C6)CC4)nc2)nn3C(C)C)c(=O)[nH]1. The predicted molar refractivity (Wildman–Crippen MR) is 209 cm³/mol. The van der Waals surface area contributed by atoms with Crippen molar-refractivity contribution in [2.75, 3.05) is 31.1 Å². The first-order valence-electron chi connectivity index (χ1n) is 20.0. The fraction of sp³-hybridized carbons (Fsp3) is 0.558. The van der Waals surface area contributed by atoms with Gasteiger partial charge < -0.3 is 20.1 Å². The number of aryl methyl sites for hydroxylation is 2. The van der Waals surface area contributed by atoms with E-state index in [9.17, 15) is 14.4 Å². The fourth-order valence-electron chi connectivity index (χ4n) is 10.8. The quantitative estimate of drug-likeness (QED) is 0.179. The lowest BCUT2D eigenvalue weighted by Gasteiger charge is -2.57. The molecule has 2 amide bonds. The van der Waals surface area contributed by atoms with Crippen LogP contribution in [0.15, 0.2) is 47.4 Å². The lowest BCUT2D eigenvalue weighted by molar-refractivity contribution is -0.136. The molecule has 4 aliphatic carbocycles. The highest BCUT2D eigenvalue weighted by molar-refractivity contribution is 6.11. The van der Waals surface area contributed by atoms with Gasteiger partial charge in [-0.15, -0.1) is 0 Å². The number of hydrogen-bond donors (Lipinski definition) is 2. The molecular formula is C43H55N7O3. The Morgan fingerprint density at radius 3 is 2.28 bits per heavy atom. The molecule has 3 aromatic heterocycles. The third kappa shape index (κ3) is 6.90. The molecule has 1 aliphatic heterocycles. The molecule has 0 unspecified atom stereocenters. The Hall–Kier alpha value is -4.47. The second-order valence-electron chi connectivity index (χ2n) is 17.3. The maximum atomic E-state index is 13.7. The van der Waals surface area contributed by atoms with Crippen LogP contribution in [0.2, 0.25) is 0 Å². The van der Waals surface area contributed by atoms with Gasteiger partial charge in [-0.25, -0.2) is 4.98 Å². The normalized spacial score (nSPS) is 24.3. The van der Waals surface area contributed by atoms with E-state index in [2.05, 4.69) is 40.9 Å². The molecule has 4 aromatic rings. The number of nitrogens with zero attached hydrogens (tertiary/aromatic N) is 5. The molecule has 4 saturated carbocycles. The van der Waals surface area contributed by atoms with Crippen LogP contribution in [0.5, 0.6) is 0 Å². The first-order valence-corrected chi connectivity index (χ1v) is 20.0. The lowest BCUT2D eigenvalue weighted by Crippen LogP contribution is -2.50. The molecule has 0 spiro atoms. The Kier molecular flexibility index (Phi) is 9.44. The minimum absolute atomic E-state index is 0.0735. The topological polar surface area (TPSA) is 116 Å². The first kappa shape index (κ1) is 35.6. The van der Waals surface area contributed by atoms with Gasteiger partial charge in [-0.2, -0.15) is 5.10 Å². The molecule has 0 radical (unpaired) electrons. The summed E-state index contributed by atoms with van der Waals surface area (Å²) in [6.07, 6.45) is 12.7. The second kappa shape index (κ2) is 14.1. The number of carbonyl (C=O) groups excluding carboxylic acids is 2. The highest BCUT2D eigenvalue weighted by atomic mass is 16.2. The van der Waals surface area contributed by atoms with Gasteiger partial charge in [0.15, 0.2) is 0 Å². The Labute approximate surface area is 312 Å². The highest BCUT2D eigenvalue weighted by Crippen LogP contribution is 2.61. The highest BCUT2D eigenvalue weighted by Gasteiger charge is 2.50. The Morgan fingerprint density at radius 2 is 1.66 bits per heavy atom. The van der Waals surface area contributed by atoms with E-state index in [-0.39, 0.29) is 30.0 Å². The van der Waals surface area contributed by atoms with Crippen molar-refractivity contribution in [1.82, 2.24) is 30.0 Å². The molecular weight excluding hydrogens is 663 g/mol. The number of benzene rings is 1. The average Bonchev–Trinajstić information content (AvgIpc) is 3.53. The number of pyridine rings is 2. The van der Waals surface area contributed by atoms with Crippen molar-refractivity contribution in [2.24, 2.45) is 29.1 Å². The van der Waals surface area contributed by atoms with Crippen LogP contribution in [0.1, 0.15) is 105 Å². The van der Waals surface area contributed by atoms with Crippen LogP contribution in [0.4, 0.5) is 5.82 Å². The van der Waals surface area contributed by atoms with Crippen molar-refractivity contribution in [3.63, 3.8) is 0 Å². The fourth-order valence-corrected chi connectivity index (χ4v) is 10.8.